The number of hydrazine groups is 1. The van der Waals surface area contributed by atoms with Gasteiger partial charge < -0.3 is 5.32 Å². The SMILES string of the molecule is CNC(=S)NNC(=O)c1cc(C#N)ccc1-c1cccc([N+](=O)[O-])c1. The second-order valence-electron chi connectivity index (χ2n) is 4.84. The van der Waals surface area contributed by atoms with Gasteiger partial charge in [0.2, 0.25) is 0 Å². The molecular formula is C16H13N5O3S. The normalized spacial score (nSPS) is 9.60. The number of nitro groups is 1. The van der Waals surface area contributed by atoms with E-state index in [1.165, 1.54) is 30.3 Å². The lowest BCUT2D eigenvalue weighted by molar-refractivity contribution is -0.384. The van der Waals surface area contributed by atoms with Gasteiger partial charge in [-0.1, -0.05) is 18.2 Å². The van der Waals surface area contributed by atoms with Gasteiger partial charge in [-0.2, -0.15) is 5.26 Å². The minimum Gasteiger partial charge on any atom is -0.364 e. The van der Waals surface area contributed by atoms with Crippen LogP contribution in [0.25, 0.3) is 11.1 Å². The summed E-state index contributed by atoms with van der Waals surface area (Å²) in [6.07, 6.45) is 0. The highest BCUT2D eigenvalue weighted by atomic mass is 32.1. The molecule has 0 spiro atoms. The van der Waals surface area contributed by atoms with Crippen LogP contribution in [0.15, 0.2) is 42.5 Å². The quantitative estimate of drug-likeness (QED) is 0.437. The van der Waals surface area contributed by atoms with Gasteiger partial charge >= 0.3 is 0 Å². The molecule has 2 aromatic rings. The van der Waals surface area contributed by atoms with E-state index in [-0.39, 0.29) is 21.9 Å². The van der Waals surface area contributed by atoms with Crippen molar-refractivity contribution < 1.29 is 9.72 Å². The Morgan fingerprint density at radius 3 is 2.64 bits per heavy atom. The molecule has 3 N–H and O–H groups in total. The highest BCUT2D eigenvalue weighted by molar-refractivity contribution is 7.80. The first kappa shape index (κ1) is 17.8. The van der Waals surface area contributed by atoms with Gasteiger partial charge in [0.1, 0.15) is 0 Å². The van der Waals surface area contributed by atoms with E-state index in [0.717, 1.165) is 0 Å². The van der Waals surface area contributed by atoms with Crippen molar-refractivity contribution in [1.82, 2.24) is 16.2 Å². The molecule has 9 heteroatoms. The summed E-state index contributed by atoms with van der Waals surface area (Å²) in [6, 6.07) is 12.4. The van der Waals surface area contributed by atoms with Gasteiger partial charge in [0.05, 0.1) is 22.1 Å². The molecule has 0 saturated carbocycles. The van der Waals surface area contributed by atoms with Crippen LogP contribution in [0.5, 0.6) is 0 Å². The van der Waals surface area contributed by atoms with Crippen LogP contribution in [0.1, 0.15) is 15.9 Å². The third kappa shape index (κ3) is 4.27. The molecule has 8 nitrogen and oxygen atoms in total. The maximum Gasteiger partial charge on any atom is 0.270 e. The van der Waals surface area contributed by atoms with Gasteiger partial charge in [0.25, 0.3) is 11.6 Å². The monoisotopic (exact) mass is 355 g/mol. The Balaban J connectivity index is 2.46. The fourth-order valence-electron chi connectivity index (χ4n) is 2.08. The third-order valence-corrected chi connectivity index (χ3v) is 3.58. The van der Waals surface area contributed by atoms with Gasteiger partial charge in [-0.05, 0) is 35.5 Å². The molecule has 0 aliphatic rings. The summed E-state index contributed by atoms with van der Waals surface area (Å²) in [7, 11) is 1.59. The Morgan fingerprint density at radius 2 is 2.00 bits per heavy atom. The molecule has 1 amide bonds. The molecule has 0 aliphatic carbocycles. The molecule has 126 valence electrons. The summed E-state index contributed by atoms with van der Waals surface area (Å²) >= 11 is 4.88. The number of thiocarbonyl (C=S) groups is 1. The molecule has 0 unspecified atom stereocenters. The predicted octanol–water partition coefficient (Wildman–Crippen LogP) is 1.87. The van der Waals surface area contributed by atoms with Crippen LogP contribution in [0.4, 0.5) is 5.69 Å². The highest BCUT2D eigenvalue weighted by Crippen LogP contribution is 2.27. The number of nitrogens with zero attached hydrogens (tertiary/aromatic N) is 2. The van der Waals surface area contributed by atoms with E-state index in [1.54, 1.807) is 19.2 Å². The fourth-order valence-corrected chi connectivity index (χ4v) is 2.13. The molecular weight excluding hydrogens is 342 g/mol. The lowest BCUT2D eigenvalue weighted by Gasteiger charge is -2.12. The van der Waals surface area contributed by atoms with Gasteiger partial charge in [0.15, 0.2) is 5.11 Å². The van der Waals surface area contributed by atoms with Crippen LogP contribution in [0.2, 0.25) is 0 Å². The summed E-state index contributed by atoms with van der Waals surface area (Å²) in [5.74, 6) is -0.531. The van der Waals surface area contributed by atoms with Crippen molar-refractivity contribution in [3.63, 3.8) is 0 Å². The van der Waals surface area contributed by atoms with Crippen molar-refractivity contribution in [2.24, 2.45) is 0 Å². The summed E-state index contributed by atoms with van der Waals surface area (Å²) in [5, 5.41) is 22.9. The number of non-ortho nitro benzene ring substituents is 1. The summed E-state index contributed by atoms with van der Waals surface area (Å²) in [6.45, 7) is 0. The van der Waals surface area contributed by atoms with E-state index in [9.17, 15) is 14.9 Å². The summed E-state index contributed by atoms with van der Waals surface area (Å²) in [5.41, 5.74) is 6.24. The maximum absolute atomic E-state index is 12.4. The lowest BCUT2D eigenvalue weighted by atomic mass is 9.97. The van der Waals surface area contributed by atoms with Gasteiger partial charge in [-0.15, -0.1) is 0 Å². The van der Waals surface area contributed by atoms with Gasteiger partial charge in [0, 0.05) is 19.2 Å². The number of nitrogens with one attached hydrogen (secondary N) is 3. The Morgan fingerprint density at radius 1 is 1.24 bits per heavy atom. The first-order valence-electron chi connectivity index (χ1n) is 7.03. The van der Waals surface area contributed by atoms with Crippen LogP contribution in [0.3, 0.4) is 0 Å². The Bertz CT molecular complexity index is 892. The lowest BCUT2D eigenvalue weighted by Crippen LogP contribution is -2.45. The van der Waals surface area contributed by atoms with Crippen molar-refractivity contribution in [2.45, 2.75) is 0 Å². The van der Waals surface area contributed by atoms with Crippen molar-refractivity contribution in [2.75, 3.05) is 7.05 Å². The Kier molecular flexibility index (Phi) is 5.60. The molecule has 0 heterocycles. The molecule has 2 rings (SSSR count). The van der Waals surface area contributed by atoms with Crippen molar-refractivity contribution in [3.05, 3.63) is 63.7 Å². The topological polar surface area (TPSA) is 120 Å². The second kappa shape index (κ2) is 7.85. The molecule has 0 aliphatic heterocycles. The highest BCUT2D eigenvalue weighted by Gasteiger charge is 2.16. The molecule has 2 aromatic carbocycles. The number of carbonyl (C=O) groups excluding carboxylic acids is 1. The van der Waals surface area contributed by atoms with Crippen LogP contribution >= 0.6 is 12.2 Å². The van der Waals surface area contributed by atoms with Gasteiger partial charge in [-0.3, -0.25) is 25.8 Å². The number of carbonyl (C=O) groups is 1. The molecule has 25 heavy (non-hydrogen) atoms. The average Bonchev–Trinajstić information content (AvgIpc) is 2.65. The van der Waals surface area contributed by atoms with E-state index in [4.69, 9.17) is 17.5 Å². The van der Waals surface area contributed by atoms with E-state index in [0.29, 0.717) is 11.1 Å². The molecule has 0 aromatic heterocycles. The Hall–Kier alpha value is -3.51. The fraction of sp³-hybridized carbons (Fsp3) is 0.0625. The Labute approximate surface area is 148 Å². The predicted molar refractivity (Wildman–Crippen MR) is 95.5 cm³/mol. The van der Waals surface area contributed by atoms with E-state index < -0.39 is 10.8 Å². The minimum atomic E-state index is -0.531. The van der Waals surface area contributed by atoms with Gasteiger partial charge in [-0.25, -0.2) is 0 Å². The number of rotatable bonds is 3. The molecule has 0 atom stereocenters. The van der Waals surface area contributed by atoms with Crippen molar-refractivity contribution in [1.29, 1.82) is 5.26 Å². The number of hydrogen-bond acceptors (Lipinski definition) is 5. The zero-order chi connectivity index (χ0) is 18.4. The number of nitro benzene ring substituents is 1. The number of amides is 1. The zero-order valence-corrected chi connectivity index (χ0v) is 13.9. The third-order valence-electron chi connectivity index (χ3n) is 3.28. The van der Waals surface area contributed by atoms with Crippen LogP contribution in [-0.4, -0.2) is 23.0 Å². The summed E-state index contributed by atoms with van der Waals surface area (Å²) in [4.78, 5) is 22.9. The van der Waals surface area contributed by atoms with Crippen LogP contribution in [0, 0.1) is 21.4 Å². The molecule has 0 radical (unpaired) electrons. The maximum atomic E-state index is 12.4. The molecule has 0 fully saturated rings. The first-order valence-corrected chi connectivity index (χ1v) is 7.44. The zero-order valence-electron chi connectivity index (χ0n) is 13.1. The second-order valence-corrected chi connectivity index (χ2v) is 5.25. The average molecular weight is 355 g/mol. The summed E-state index contributed by atoms with van der Waals surface area (Å²) < 4.78 is 0. The minimum absolute atomic E-state index is 0.0947. The van der Waals surface area contributed by atoms with Crippen LogP contribution in [-0.2, 0) is 0 Å². The number of hydrogen-bond donors (Lipinski definition) is 3. The largest absolute Gasteiger partial charge is 0.364 e. The van der Waals surface area contributed by atoms with E-state index in [1.807, 2.05) is 6.07 Å². The number of benzene rings is 2. The first-order chi connectivity index (χ1) is 12.0. The van der Waals surface area contributed by atoms with E-state index >= 15 is 0 Å². The van der Waals surface area contributed by atoms with Crippen molar-refractivity contribution >= 4 is 28.9 Å². The molecule has 0 bridgehead atoms. The standard InChI is InChI=1S/C16H13N5O3S/c1-18-16(25)20-19-15(22)14-7-10(9-17)5-6-13(14)11-3-2-4-12(8-11)21(23)24/h2-8H,1H3,(H,19,22)(H2,18,20,25). The smallest absolute Gasteiger partial charge is 0.270 e. The van der Waals surface area contributed by atoms with Crippen LogP contribution < -0.4 is 16.2 Å². The molecule has 0 saturated heterocycles. The van der Waals surface area contributed by atoms with E-state index in [2.05, 4.69) is 16.2 Å². The number of nitriles is 1. The van der Waals surface area contributed by atoms with Crippen molar-refractivity contribution in [3.8, 4) is 17.2 Å².